The molecular weight excluding hydrogens is 614 g/mol. The number of nitrogens with zero attached hydrogens (tertiary/aromatic N) is 3. The molecule has 49 heavy (non-hydrogen) atoms. The Kier molecular flexibility index (Phi) is 8.03. The Balaban J connectivity index is 1.03. The number of carbonyl (C=O) groups is 2. The molecule has 0 spiro atoms. The van der Waals surface area contributed by atoms with Crippen LogP contribution in [0.15, 0.2) is 72.8 Å². The monoisotopic (exact) mass is 655 g/mol. The first kappa shape index (κ1) is 31.1. The lowest BCUT2D eigenvalue weighted by Crippen LogP contribution is -2.51. The van der Waals surface area contributed by atoms with E-state index in [0.29, 0.717) is 12.6 Å². The van der Waals surface area contributed by atoms with Crippen LogP contribution >= 0.6 is 0 Å². The van der Waals surface area contributed by atoms with E-state index in [-0.39, 0.29) is 17.9 Å². The molecule has 1 unspecified atom stereocenters. The first-order valence-electron chi connectivity index (χ1n) is 17.3. The van der Waals surface area contributed by atoms with Crippen molar-refractivity contribution >= 4 is 44.8 Å². The number of fused-ring (bicyclic) bond motifs is 3. The van der Waals surface area contributed by atoms with Gasteiger partial charge in [-0.25, -0.2) is 14.8 Å². The van der Waals surface area contributed by atoms with Gasteiger partial charge >= 0.3 is 6.09 Å². The molecule has 4 N–H and O–H groups in total. The van der Waals surface area contributed by atoms with Crippen LogP contribution in [0.1, 0.15) is 63.3 Å². The molecule has 2 aliphatic heterocycles. The highest BCUT2D eigenvalue weighted by atomic mass is 16.5. The number of rotatable bonds is 7. The highest BCUT2D eigenvalue weighted by Gasteiger charge is 2.37. The summed E-state index contributed by atoms with van der Waals surface area (Å²) in [5.74, 6) is 1.60. The molecule has 250 valence electrons. The molecular formula is C39H41N7O3. The number of nitrogens with one attached hydrogen (secondary N) is 4. The Hall–Kier alpha value is -5.22. The van der Waals surface area contributed by atoms with Gasteiger partial charge in [0.05, 0.1) is 41.3 Å². The number of aromatic amines is 2. The molecule has 3 atom stereocenters. The number of H-pyrrole nitrogens is 2. The molecule has 2 amide bonds. The minimum Gasteiger partial charge on any atom is -0.453 e. The SMILES string of the molecule is COC(=O)NC(C(=O)N1CCC[C@H]1c1nc2ccc(-c3ccc4cc(-c5ccc6nc([C@@H]7CCCN7)[nH]c6c5)ccc4c3)cc2[nH]1)C(C)C. The zero-order valence-electron chi connectivity index (χ0n) is 28.0. The standard InChI is InChI=1S/C39H41N7O3/c1-22(2)35(45-39(48)49-3)38(47)46-17-5-7-34(46)37-42-30-15-13-28(21-33(30)44-37)26-11-9-23-18-25(10-8-24(23)19-26)27-12-14-29-32(20-27)43-36(41-29)31-6-4-16-40-31/h8-15,18-22,31,34-35,40H,4-7,16-17H2,1-3H3,(H,41,43)(H,42,44)(H,45,48)/t31-,34-,35?/m0/s1. The first-order valence-corrected chi connectivity index (χ1v) is 17.3. The molecule has 0 saturated carbocycles. The summed E-state index contributed by atoms with van der Waals surface area (Å²) in [6, 6.07) is 25.4. The molecule has 2 fully saturated rings. The van der Waals surface area contributed by atoms with E-state index in [1.54, 1.807) is 0 Å². The lowest BCUT2D eigenvalue weighted by molar-refractivity contribution is -0.135. The summed E-state index contributed by atoms with van der Waals surface area (Å²) >= 11 is 0. The molecule has 10 nitrogen and oxygen atoms in total. The van der Waals surface area contributed by atoms with Crippen molar-refractivity contribution < 1.29 is 14.3 Å². The number of carbonyl (C=O) groups excluding carboxylic acids is 2. The number of benzene rings is 4. The fourth-order valence-corrected chi connectivity index (χ4v) is 7.46. The maximum absolute atomic E-state index is 13.6. The number of aromatic nitrogens is 4. The third-order valence-electron chi connectivity index (χ3n) is 10.1. The van der Waals surface area contributed by atoms with Gasteiger partial charge in [-0.15, -0.1) is 0 Å². The maximum Gasteiger partial charge on any atom is 0.407 e. The molecule has 2 aromatic heterocycles. The summed E-state index contributed by atoms with van der Waals surface area (Å²) in [4.78, 5) is 44.2. The molecule has 2 saturated heterocycles. The molecule has 10 heteroatoms. The predicted molar refractivity (Wildman–Crippen MR) is 192 cm³/mol. The van der Waals surface area contributed by atoms with E-state index in [0.717, 1.165) is 76.2 Å². The van der Waals surface area contributed by atoms with E-state index < -0.39 is 12.1 Å². The van der Waals surface area contributed by atoms with E-state index in [4.69, 9.17) is 14.7 Å². The van der Waals surface area contributed by atoms with Gasteiger partial charge in [-0.2, -0.15) is 0 Å². The van der Waals surface area contributed by atoms with Crippen molar-refractivity contribution in [2.75, 3.05) is 20.2 Å². The average molecular weight is 656 g/mol. The van der Waals surface area contributed by atoms with Gasteiger partial charge in [0.1, 0.15) is 17.7 Å². The van der Waals surface area contributed by atoms with Gasteiger partial charge < -0.3 is 30.2 Å². The van der Waals surface area contributed by atoms with Crippen LogP contribution in [0.4, 0.5) is 4.79 Å². The van der Waals surface area contributed by atoms with Crippen molar-refractivity contribution in [3.05, 3.63) is 84.4 Å². The predicted octanol–water partition coefficient (Wildman–Crippen LogP) is 7.40. The molecule has 0 bridgehead atoms. The van der Waals surface area contributed by atoms with E-state index >= 15 is 0 Å². The van der Waals surface area contributed by atoms with Crippen molar-refractivity contribution in [3.8, 4) is 22.3 Å². The highest BCUT2D eigenvalue weighted by molar-refractivity contribution is 5.93. The van der Waals surface area contributed by atoms with Crippen LogP contribution in [-0.2, 0) is 9.53 Å². The van der Waals surface area contributed by atoms with Crippen molar-refractivity contribution in [2.45, 2.75) is 57.7 Å². The van der Waals surface area contributed by atoms with Crippen LogP contribution in [0, 0.1) is 5.92 Å². The summed E-state index contributed by atoms with van der Waals surface area (Å²) in [7, 11) is 1.31. The highest BCUT2D eigenvalue weighted by Crippen LogP contribution is 2.35. The summed E-state index contributed by atoms with van der Waals surface area (Å²) in [5, 5.41) is 8.60. The smallest absolute Gasteiger partial charge is 0.407 e. The Morgan fingerprint density at radius 2 is 1.39 bits per heavy atom. The molecule has 6 aromatic rings. The van der Waals surface area contributed by atoms with Crippen molar-refractivity contribution in [1.29, 1.82) is 0 Å². The van der Waals surface area contributed by atoms with Gasteiger partial charge in [-0.1, -0.05) is 50.2 Å². The van der Waals surface area contributed by atoms with Gasteiger partial charge in [0.25, 0.3) is 0 Å². The molecule has 8 rings (SSSR count). The lowest BCUT2D eigenvalue weighted by Gasteiger charge is -2.29. The van der Waals surface area contributed by atoms with Crippen molar-refractivity contribution in [1.82, 2.24) is 35.5 Å². The van der Waals surface area contributed by atoms with Gasteiger partial charge in [0.15, 0.2) is 0 Å². The number of ether oxygens (including phenoxy) is 1. The first-order chi connectivity index (χ1) is 23.8. The number of likely N-dealkylation sites (tertiary alicyclic amines) is 1. The van der Waals surface area contributed by atoms with E-state index in [2.05, 4.69) is 87.3 Å². The number of hydrogen-bond acceptors (Lipinski definition) is 6. The van der Waals surface area contributed by atoms with E-state index in [9.17, 15) is 9.59 Å². The summed E-state index contributed by atoms with van der Waals surface area (Å²) in [5.41, 5.74) is 8.40. The number of hydrogen-bond donors (Lipinski definition) is 4. The number of alkyl carbamates (subject to hydrolysis) is 1. The third-order valence-corrected chi connectivity index (χ3v) is 10.1. The minimum absolute atomic E-state index is 0.0848. The van der Waals surface area contributed by atoms with Crippen LogP contribution in [0.5, 0.6) is 0 Å². The quantitative estimate of drug-likeness (QED) is 0.142. The molecule has 4 aromatic carbocycles. The normalized spacial score (nSPS) is 18.6. The second kappa shape index (κ2) is 12.7. The molecule has 0 radical (unpaired) electrons. The average Bonchev–Trinajstić information content (AvgIpc) is 3.94. The third kappa shape index (κ3) is 5.90. The molecule has 2 aliphatic rings. The summed E-state index contributed by atoms with van der Waals surface area (Å²) < 4.78 is 4.77. The Labute approximate surface area is 284 Å². The molecule has 4 heterocycles. The Morgan fingerprint density at radius 3 is 1.98 bits per heavy atom. The fraction of sp³-hybridized carbons (Fsp3) is 0.333. The number of amides is 2. The second-order valence-electron chi connectivity index (χ2n) is 13.7. The van der Waals surface area contributed by atoms with Crippen LogP contribution in [-0.4, -0.2) is 63.1 Å². The van der Waals surface area contributed by atoms with Crippen LogP contribution in [0.2, 0.25) is 0 Å². The Morgan fingerprint density at radius 1 is 0.796 bits per heavy atom. The van der Waals surface area contributed by atoms with Gasteiger partial charge in [-0.05, 0) is 108 Å². The van der Waals surface area contributed by atoms with Crippen LogP contribution in [0.3, 0.4) is 0 Å². The lowest BCUT2D eigenvalue weighted by atomic mass is 9.97. The second-order valence-corrected chi connectivity index (χ2v) is 13.7. The molecule has 0 aliphatic carbocycles. The summed E-state index contributed by atoms with van der Waals surface area (Å²) in [6.07, 6.45) is 3.38. The van der Waals surface area contributed by atoms with Crippen LogP contribution < -0.4 is 10.6 Å². The van der Waals surface area contributed by atoms with Crippen molar-refractivity contribution in [2.24, 2.45) is 5.92 Å². The number of imidazole rings is 2. The number of methoxy groups -OCH3 is 1. The minimum atomic E-state index is -0.666. The van der Waals surface area contributed by atoms with Gasteiger partial charge in [-0.3, -0.25) is 4.79 Å². The van der Waals surface area contributed by atoms with E-state index in [1.165, 1.54) is 29.9 Å². The maximum atomic E-state index is 13.6. The van der Waals surface area contributed by atoms with E-state index in [1.807, 2.05) is 24.8 Å². The van der Waals surface area contributed by atoms with Crippen molar-refractivity contribution in [3.63, 3.8) is 0 Å². The zero-order valence-corrected chi connectivity index (χ0v) is 28.0. The topological polar surface area (TPSA) is 128 Å². The zero-order chi connectivity index (χ0) is 33.6. The Bertz CT molecular complexity index is 2200. The largest absolute Gasteiger partial charge is 0.453 e. The summed E-state index contributed by atoms with van der Waals surface area (Å²) in [6.45, 7) is 5.51. The fourth-order valence-electron chi connectivity index (χ4n) is 7.46. The van der Waals surface area contributed by atoms with Gasteiger partial charge in [0, 0.05) is 6.54 Å². The van der Waals surface area contributed by atoms with Crippen LogP contribution in [0.25, 0.3) is 55.1 Å². The van der Waals surface area contributed by atoms with Gasteiger partial charge in [0.2, 0.25) is 5.91 Å².